The minimum Gasteiger partial charge on any atom is -0.375 e. The number of nitriles is 2. The molecule has 11 heteroatoms. The molecule has 3 heterocycles. The van der Waals surface area contributed by atoms with Crippen molar-refractivity contribution in [3.8, 4) is 23.4 Å². The molecule has 7 nitrogen and oxygen atoms in total. The SMILES string of the molecule is N#CC[C@H]1CN(c2c(C#N)c(-c3ccc(F)c4sc(N)nc34)nc3c(F)cc(Cl)cc23)CCN1. The van der Waals surface area contributed by atoms with E-state index in [-0.39, 0.29) is 49.6 Å². The Morgan fingerprint density at radius 2 is 2.03 bits per heavy atom. The van der Waals surface area contributed by atoms with Crippen molar-refractivity contribution in [2.75, 3.05) is 30.3 Å². The number of pyridine rings is 1. The fourth-order valence-corrected chi connectivity index (χ4v) is 5.33. The van der Waals surface area contributed by atoms with E-state index in [0.717, 1.165) is 17.4 Å². The monoisotopic (exact) mass is 495 g/mol. The van der Waals surface area contributed by atoms with E-state index in [1.54, 1.807) is 6.07 Å². The number of fused-ring (bicyclic) bond motifs is 2. The number of anilines is 2. The van der Waals surface area contributed by atoms with Gasteiger partial charge in [0.1, 0.15) is 23.0 Å². The third kappa shape index (κ3) is 3.66. The summed E-state index contributed by atoms with van der Waals surface area (Å²) >= 11 is 7.16. The second-order valence-electron chi connectivity index (χ2n) is 7.86. The second-order valence-corrected chi connectivity index (χ2v) is 9.33. The average Bonchev–Trinajstić information content (AvgIpc) is 3.21. The van der Waals surface area contributed by atoms with Crippen LogP contribution < -0.4 is 16.0 Å². The van der Waals surface area contributed by atoms with E-state index in [2.05, 4.69) is 27.4 Å². The van der Waals surface area contributed by atoms with Crippen LogP contribution in [0.4, 0.5) is 19.6 Å². The Kier molecular flexibility index (Phi) is 5.66. The smallest absolute Gasteiger partial charge is 0.181 e. The lowest BCUT2D eigenvalue weighted by Crippen LogP contribution is -2.50. The molecule has 0 aliphatic carbocycles. The van der Waals surface area contributed by atoms with Gasteiger partial charge in [0.15, 0.2) is 10.9 Å². The van der Waals surface area contributed by atoms with Crippen LogP contribution in [0.3, 0.4) is 0 Å². The van der Waals surface area contributed by atoms with Crippen molar-refractivity contribution in [3.63, 3.8) is 0 Å². The molecule has 0 bridgehead atoms. The number of piperazine rings is 1. The number of rotatable bonds is 3. The third-order valence-corrected chi connectivity index (χ3v) is 6.88. The number of nitrogens with two attached hydrogens (primary N) is 1. The first-order chi connectivity index (χ1) is 16.4. The molecule has 1 aliphatic rings. The molecule has 4 aromatic rings. The molecule has 1 atom stereocenters. The molecule has 5 rings (SSSR count). The van der Waals surface area contributed by atoms with Crippen LogP contribution in [0, 0.1) is 34.3 Å². The van der Waals surface area contributed by atoms with Gasteiger partial charge in [0.2, 0.25) is 0 Å². The van der Waals surface area contributed by atoms with E-state index in [4.69, 9.17) is 22.6 Å². The van der Waals surface area contributed by atoms with Crippen molar-refractivity contribution >= 4 is 54.9 Å². The van der Waals surface area contributed by atoms with Gasteiger partial charge in [0.05, 0.1) is 34.1 Å². The zero-order chi connectivity index (χ0) is 24.0. The minimum atomic E-state index is -0.644. The number of halogens is 3. The van der Waals surface area contributed by atoms with Crippen LogP contribution in [-0.4, -0.2) is 35.6 Å². The van der Waals surface area contributed by atoms with Gasteiger partial charge >= 0.3 is 0 Å². The molecule has 2 aromatic carbocycles. The van der Waals surface area contributed by atoms with Gasteiger partial charge < -0.3 is 16.0 Å². The van der Waals surface area contributed by atoms with Gasteiger partial charge in [-0.1, -0.05) is 22.9 Å². The fraction of sp³-hybridized carbons (Fsp3) is 0.217. The maximum absolute atomic E-state index is 15.1. The third-order valence-electron chi connectivity index (χ3n) is 5.77. The predicted octanol–water partition coefficient (Wildman–Crippen LogP) is 4.59. The van der Waals surface area contributed by atoms with Gasteiger partial charge in [0.25, 0.3) is 0 Å². The van der Waals surface area contributed by atoms with Crippen molar-refractivity contribution in [1.82, 2.24) is 15.3 Å². The van der Waals surface area contributed by atoms with E-state index < -0.39 is 11.6 Å². The van der Waals surface area contributed by atoms with Crippen molar-refractivity contribution in [2.24, 2.45) is 0 Å². The lowest BCUT2D eigenvalue weighted by molar-refractivity contribution is 0.463. The maximum Gasteiger partial charge on any atom is 0.181 e. The Hall–Kier alpha value is -3.57. The summed E-state index contributed by atoms with van der Waals surface area (Å²) in [5.41, 5.74) is 7.34. The molecule has 1 saturated heterocycles. The Bertz CT molecular complexity index is 1540. The van der Waals surface area contributed by atoms with Crippen LogP contribution in [0.2, 0.25) is 5.02 Å². The van der Waals surface area contributed by atoms with Crippen molar-refractivity contribution in [3.05, 3.63) is 46.5 Å². The average molecular weight is 496 g/mol. The lowest BCUT2D eigenvalue weighted by Gasteiger charge is -2.35. The van der Waals surface area contributed by atoms with Crippen LogP contribution in [0.25, 0.3) is 32.4 Å². The van der Waals surface area contributed by atoms with Crippen molar-refractivity contribution in [2.45, 2.75) is 12.5 Å². The van der Waals surface area contributed by atoms with Gasteiger partial charge in [0, 0.05) is 41.6 Å². The second kappa shape index (κ2) is 8.65. The molecule has 170 valence electrons. The van der Waals surface area contributed by atoms with E-state index >= 15 is 4.39 Å². The number of nitrogens with zero attached hydrogens (tertiary/aromatic N) is 5. The van der Waals surface area contributed by atoms with Crippen molar-refractivity contribution in [1.29, 1.82) is 10.5 Å². The maximum atomic E-state index is 15.1. The Labute approximate surface area is 202 Å². The van der Waals surface area contributed by atoms with Crippen LogP contribution in [0.15, 0.2) is 24.3 Å². The molecule has 0 unspecified atom stereocenters. The molecule has 0 radical (unpaired) electrons. The van der Waals surface area contributed by atoms with E-state index in [1.165, 1.54) is 12.1 Å². The number of hydrogen-bond acceptors (Lipinski definition) is 8. The number of thiazole rings is 1. The number of nitrogens with one attached hydrogen (secondary N) is 1. The first kappa shape index (κ1) is 22.2. The standard InChI is InChI=1S/C23H16ClF2N7S/c24-11-7-14-19(17(26)8-11)31-18(13-1-2-16(25)22-20(13)32-23(29)34-22)15(9-28)21(14)33-6-5-30-12(10-33)3-4-27/h1-2,7-8,12,30H,3,5-6,10H2,(H2,29,32)/t12-/m0/s1. The molecular weight excluding hydrogens is 480 g/mol. The van der Waals surface area contributed by atoms with Gasteiger partial charge in [-0.15, -0.1) is 0 Å². The predicted molar refractivity (Wildman–Crippen MR) is 129 cm³/mol. The van der Waals surface area contributed by atoms with Crippen LogP contribution >= 0.6 is 22.9 Å². The summed E-state index contributed by atoms with van der Waals surface area (Å²) in [6, 6.07) is 9.72. The van der Waals surface area contributed by atoms with Crippen molar-refractivity contribution < 1.29 is 8.78 Å². The molecular formula is C23H16ClF2N7S. The first-order valence-corrected chi connectivity index (χ1v) is 11.5. The molecule has 34 heavy (non-hydrogen) atoms. The zero-order valence-corrected chi connectivity index (χ0v) is 19.1. The van der Waals surface area contributed by atoms with Crippen LogP contribution in [0.1, 0.15) is 12.0 Å². The highest BCUT2D eigenvalue weighted by molar-refractivity contribution is 7.22. The fourth-order valence-electron chi connectivity index (χ4n) is 4.36. The van der Waals surface area contributed by atoms with E-state index in [0.29, 0.717) is 36.3 Å². The van der Waals surface area contributed by atoms with Gasteiger partial charge in [-0.2, -0.15) is 10.5 Å². The molecule has 2 aromatic heterocycles. The molecule has 1 aliphatic heterocycles. The topological polar surface area (TPSA) is 115 Å². The highest BCUT2D eigenvalue weighted by Gasteiger charge is 2.28. The first-order valence-electron chi connectivity index (χ1n) is 10.3. The van der Waals surface area contributed by atoms with Gasteiger partial charge in [-0.05, 0) is 24.3 Å². The summed E-state index contributed by atoms with van der Waals surface area (Å²) in [6.45, 7) is 1.52. The highest BCUT2D eigenvalue weighted by atomic mass is 35.5. The molecule has 0 amide bonds. The Morgan fingerprint density at radius 3 is 2.79 bits per heavy atom. The normalized spacial score (nSPS) is 16.0. The number of benzene rings is 2. The quantitative estimate of drug-likeness (QED) is 0.427. The summed E-state index contributed by atoms with van der Waals surface area (Å²) < 4.78 is 29.8. The van der Waals surface area contributed by atoms with E-state index in [9.17, 15) is 9.65 Å². The highest BCUT2D eigenvalue weighted by Crippen LogP contribution is 2.41. The number of aromatic nitrogens is 2. The van der Waals surface area contributed by atoms with Crippen LogP contribution in [0.5, 0.6) is 0 Å². The Balaban J connectivity index is 1.84. The zero-order valence-electron chi connectivity index (χ0n) is 17.6. The summed E-state index contributed by atoms with van der Waals surface area (Å²) in [4.78, 5) is 10.7. The minimum absolute atomic E-state index is 0.0319. The van der Waals surface area contributed by atoms with Gasteiger partial charge in [-0.25, -0.2) is 18.7 Å². The lowest BCUT2D eigenvalue weighted by atomic mass is 9.98. The Morgan fingerprint density at radius 1 is 1.21 bits per heavy atom. The number of nitrogen functional groups attached to an aromatic ring is 1. The summed E-state index contributed by atoms with van der Waals surface area (Å²) in [6.07, 6.45) is 0.278. The summed E-state index contributed by atoms with van der Waals surface area (Å²) in [5, 5.41) is 23.4. The summed E-state index contributed by atoms with van der Waals surface area (Å²) in [7, 11) is 0. The van der Waals surface area contributed by atoms with Gasteiger partial charge in [-0.3, -0.25) is 0 Å². The summed E-state index contributed by atoms with van der Waals surface area (Å²) in [5.74, 6) is -1.14. The molecule has 0 spiro atoms. The molecule has 1 fully saturated rings. The number of hydrogen-bond donors (Lipinski definition) is 2. The molecule has 3 N–H and O–H groups in total. The molecule has 0 saturated carbocycles. The van der Waals surface area contributed by atoms with E-state index in [1.807, 2.05) is 4.90 Å². The largest absolute Gasteiger partial charge is 0.375 e. The van der Waals surface area contributed by atoms with Crippen LogP contribution in [-0.2, 0) is 0 Å².